The smallest absolute Gasteiger partial charge is 0.265 e. The molecule has 0 bridgehead atoms. The number of carbonyl (C=O) groups is 1. The lowest BCUT2D eigenvalue weighted by Gasteiger charge is -2.15. The van der Waals surface area contributed by atoms with Gasteiger partial charge in [0.1, 0.15) is 16.4 Å². The number of carbonyl (C=O) groups excluding carboxylic acids is 1. The van der Waals surface area contributed by atoms with Crippen LogP contribution in [0.2, 0.25) is 5.02 Å². The minimum Gasteiger partial charge on any atom is -0.497 e. The second-order valence-corrected chi connectivity index (χ2v) is 8.09. The van der Waals surface area contributed by atoms with E-state index in [-0.39, 0.29) is 27.7 Å². The molecule has 6 nitrogen and oxygen atoms in total. The van der Waals surface area contributed by atoms with Gasteiger partial charge in [-0.05, 0) is 30.3 Å². The lowest BCUT2D eigenvalue weighted by Crippen LogP contribution is -2.17. The van der Waals surface area contributed by atoms with Gasteiger partial charge in [-0.25, -0.2) is 8.42 Å². The maximum Gasteiger partial charge on any atom is 0.265 e. The molecule has 3 aromatic rings. The van der Waals surface area contributed by atoms with Crippen LogP contribution in [0.4, 0.5) is 5.69 Å². The van der Waals surface area contributed by atoms with Gasteiger partial charge in [0.05, 0.1) is 19.9 Å². The normalized spacial score (nSPS) is 11.0. The van der Waals surface area contributed by atoms with E-state index in [1.54, 1.807) is 36.4 Å². The first-order valence-corrected chi connectivity index (χ1v) is 10.4. The minimum absolute atomic E-state index is 0.105. The summed E-state index contributed by atoms with van der Waals surface area (Å²) in [6, 6.07) is 17.3. The molecule has 0 unspecified atom stereocenters. The quantitative estimate of drug-likeness (QED) is 0.561. The molecule has 8 heteroatoms. The average Bonchev–Trinajstić information content (AvgIpc) is 2.74. The Morgan fingerprint density at radius 3 is 2.31 bits per heavy atom. The van der Waals surface area contributed by atoms with Crippen molar-refractivity contribution in [2.24, 2.45) is 0 Å². The minimum atomic E-state index is -4.09. The fourth-order valence-corrected chi connectivity index (χ4v) is 4.17. The molecule has 29 heavy (non-hydrogen) atoms. The number of methoxy groups -OCH3 is 2. The fraction of sp³-hybridized carbons (Fsp3) is 0.0952. The summed E-state index contributed by atoms with van der Waals surface area (Å²) < 4.78 is 38.9. The summed E-state index contributed by atoms with van der Waals surface area (Å²) in [7, 11) is -1.29. The van der Waals surface area contributed by atoms with Crippen LogP contribution in [-0.4, -0.2) is 28.4 Å². The van der Waals surface area contributed by atoms with Gasteiger partial charge in [-0.1, -0.05) is 41.9 Å². The van der Waals surface area contributed by atoms with Crippen LogP contribution in [0.1, 0.15) is 15.9 Å². The van der Waals surface area contributed by atoms with Crippen LogP contribution >= 0.6 is 11.6 Å². The highest BCUT2D eigenvalue weighted by atomic mass is 35.5. The van der Waals surface area contributed by atoms with Crippen molar-refractivity contribution in [2.75, 3.05) is 18.9 Å². The van der Waals surface area contributed by atoms with Gasteiger partial charge >= 0.3 is 0 Å². The molecular formula is C21H18ClNO5S. The van der Waals surface area contributed by atoms with Crippen LogP contribution in [0, 0.1) is 0 Å². The average molecular weight is 432 g/mol. The summed E-state index contributed by atoms with van der Waals surface area (Å²) in [4.78, 5) is 12.8. The first kappa shape index (κ1) is 20.7. The van der Waals surface area contributed by atoms with Crippen molar-refractivity contribution < 1.29 is 22.7 Å². The molecular weight excluding hydrogens is 414 g/mol. The Morgan fingerprint density at radius 2 is 1.66 bits per heavy atom. The third kappa shape index (κ3) is 4.52. The molecule has 150 valence electrons. The number of sulfonamides is 1. The molecule has 0 saturated carbocycles. The van der Waals surface area contributed by atoms with Gasteiger partial charge in [0.2, 0.25) is 0 Å². The van der Waals surface area contributed by atoms with Crippen molar-refractivity contribution in [3.8, 4) is 11.5 Å². The van der Waals surface area contributed by atoms with Gasteiger partial charge in [-0.15, -0.1) is 0 Å². The van der Waals surface area contributed by atoms with Crippen molar-refractivity contribution in [1.82, 2.24) is 0 Å². The largest absolute Gasteiger partial charge is 0.497 e. The van der Waals surface area contributed by atoms with Crippen LogP contribution in [0.25, 0.3) is 0 Å². The van der Waals surface area contributed by atoms with E-state index in [9.17, 15) is 13.2 Å². The summed E-state index contributed by atoms with van der Waals surface area (Å²) in [5.41, 5.74) is 0.649. The van der Waals surface area contributed by atoms with Gasteiger partial charge in [0, 0.05) is 22.2 Å². The van der Waals surface area contributed by atoms with Crippen LogP contribution in [0.15, 0.2) is 71.6 Å². The van der Waals surface area contributed by atoms with Gasteiger partial charge in [-0.2, -0.15) is 0 Å². The molecule has 0 aliphatic heterocycles. The maximum absolute atomic E-state index is 13.1. The molecule has 0 spiro atoms. The highest BCUT2D eigenvalue weighted by molar-refractivity contribution is 7.92. The lowest BCUT2D eigenvalue weighted by molar-refractivity contribution is 0.103. The monoisotopic (exact) mass is 431 g/mol. The number of nitrogens with one attached hydrogen (secondary N) is 1. The van der Waals surface area contributed by atoms with Crippen molar-refractivity contribution >= 4 is 33.1 Å². The molecule has 0 atom stereocenters. The van der Waals surface area contributed by atoms with Crippen molar-refractivity contribution in [3.63, 3.8) is 0 Å². The Bertz CT molecular complexity index is 1150. The molecule has 0 aliphatic rings. The lowest BCUT2D eigenvalue weighted by atomic mass is 10.0. The van der Waals surface area contributed by atoms with Gasteiger partial charge in [-0.3, -0.25) is 9.52 Å². The van der Waals surface area contributed by atoms with E-state index in [2.05, 4.69) is 4.72 Å². The van der Waals surface area contributed by atoms with E-state index < -0.39 is 10.0 Å². The number of hydrogen-bond acceptors (Lipinski definition) is 5. The third-order valence-electron chi connectivity index (χ3n) is 4.17. The predicted molar refractivity (Wildman–Crippen MR) is 112 cm³/mol. The molecule has 0 aliphatic carbocycles. The third-order valence-corrected chi connectivity index (χ3v) is 5.79. The van der Waals surface area contributed by atoms with E-state index in [1.807, 2.05) is 0 Å². The van der Waals surface area contributed by atoms with E-state index in [4.69, 9.17) is 21.1 Å². The summed E-state index contributed by atoms with van der Waals surface area (Å²) in [6.07, 6.45) is 0. The number of halogens is 1. The summed E-state index contributed by atoms with van der Waals surface area (Å²) in [6.45, 7) is 0. The molecule has 3 aromatic carbocycles. The SMILES string of the molecule is COc1ccc(OC)c(S(=O)(=O)Nc2ccc(Cl)cc2C(=O)c2ccccc2)c1. The number of anilines is 1. The van der Waals surface area contributed by atoms with Crippen molar-refractivity contribution in [1.29, 1.82) is 0 Å². The topological polar surface area (TPSA) is 81.7 Å². The molecule has 0 saturated heterocycles. The van der Waals surface area contributed by atoms with Crippen LogP contribution < -0.4 is 14.2 Å². The summed E-state index contributed by atoms with van der Waals surface area (Å²) >= 11 is 6.06. The molecule has 1 N–H and O–H groups in total. The Hall–Kier alpha value is -3.03. The van der Waals surface area contributed by atoms with E-state index in [1.165, 1.54) is 44.6 Å². The maximum atomic E-state index is 13.1. The number of hydrogen-bond donors (Lipinski definition) is 1. The van der Waals surface area contributed by atoms with E-state index in [0.717, 1.165) is 0 Å². The van der Waals surface area contributed by atoms with Crippen molar-refractivity contribution in [2.45, 2.75) is 4.90 Å². The molecule has 0 heterocycles. The number of ketones is 1. The Kier molecular flexibility index (Phi) is 6.10. The Labute approximate surface area is 174 Å². The second-order valence-electron chi connectivity index (χ2n) is 6.01. The predicted octanol–water partition coefficient (Wildman–Crippen LogP) is 4.39. The highest BCUT2D eigenvalue weighted by Gasteiger charge is 2.24. The van der Waals surface area contributed by atoms with Gasteiger partial charge < -0.3 is 9.47 Å². The van der Waals surface area contributed by atoms with Gasteiger partial charge in [0.25, 0.3) is 10.0 Å². The van der Waals surface area contributed by atoms with Crippen LogP contribution in [0.3, 0.4) is 0 Å². The van der Waals surface area contributed by atoms with Crippen LogP contribution in [-0.2, 0) is 10.0 Å². The number of ether oxygens (including phenoxy) is 2. The molecule has 0 fully saturated rings. The highest BCUT2D eigenvalue weighted by Crippen LogP contribution is 2.31. The molecule has 3 rings (SSSR count). The second kappa shape index (κ2) is 8.55. The van der Waals surface area contributed by atoms with Gasteiger partial charge in [0.15, 0.2) is 5.78 Å². The Balaban J connectivity index is 2.06. The number of rotatable bonds is 7. The zero-order chi connectivity index (χ0) is 21.0. The fourth-order valence-electron chi connectivity index (χ4n) is 2.73. The zero-order valence-electron chi connectivity index (χ0n) is 15.7. The first-order chi connectivity index (χ1) is 13.9. The van der Waals surface area contributed by atoms with E-state index in [0.29, 0.717) is 16.3 Å². The number of benzene rings is 3. The first-order valence-electron chi connectivity index (χ1n) is 8.50. The van der Waals surface area contributed by atoms with Crippen LogP contribution in [0.5, 0.6) is 11.5 Å². The molecule has 0 radical (unpaired) electrons. The molecule has 0 amide bonds. The van der Waals surface area contributed by atoms with Crippen molar-refractivity contribution in [3.05, 3.63) is 82.9 Å². The summed E-state index contributed by atoms with van der Waals surface area (Å²) in [5, 5.41) is 0.311. The molecule has 0 aromatic heterocycles. The summed E-state index contributed by atoms with van der Waals surface area (Å²) in [5.74, 6) is 0.134. The zero-order valence-corrected chi connectivity index (χ0v) is 17.3. The Morgan fingerprint density at radius 1 is 0.931 bits per heavy atom. The van der Waals surface area contributed by atoms with E-state index >= 15 is 0 Å². The standard InChI is InChI=1S/C21H18ClNO5S/c1-27-16-9-11-19(28-2)20(13-16)29(25,26)23-18-10-8-15(22)12-17(18)21(24)14-6-4-3-5-7-14/h3-13,23H,1-2H3.